The predicted octanol–water partition coefficient (Wildman–Crippen LogP) is 3.13. The Bertz CT molecular complexity index is 928. The van der Waals surface area contributed by atoms with Gasteiger partial charge in [-0.15, -0.1) is 0 Å². The van der Waals surface area contributed by atoms with Gasteiger partial charge in [0.25, 0.3) is 0 Å². The molecule has 8 heteroatoms. The smallest absolute Gasteiger partial charge is 0.243 e. The van der Waals surface area contributed by atoms with Crippen molar-refractivity contribution in [3.63, 3.8) is 0 Å². The molecular weight excluding hydrogens is 395 g/mol. The molecule has 0 saturated carbocycles. The van der Waals surface area contributed by atoms with E-state index in [0.717, 1.165) is 0 Å². The summed E-state index contributed by atoms with van der Waals surface area (Å²) in [6, 6.07) is 11.4. The topological polar surface area (TPSA) is 59.1 Å². The lowest BCUT2D eigenvalue weighted by atomic mass is 10.2. The summed E-state index contributed by atoms with van der Waals surface area (Å²) in [4.78, 5) is 2.25. The second kappa shape index (κ2) is 9.56. The van der Waals surface area contributed by atoms with Crippen molar-refractivity contribution in [1.29, 1.82) is 0 Å². The molecular formula is C21H27FN2O4S. The van der Waals surface area contributed by atoms with Gasteiger partial charge in [-0.25, -0.2) is 12.8 Å². The maximum Gasteiger partial charge on any atom is 0.243 e. The van der Waals surface area contributed by atoms with Crippen LogP contribution >= 0.6 is 0 Å². The molecule has 0 aromatic heterocycles. The lowest BCUT2D eigenvalue weighted by Crippen LogP contribution is -2.48. The van der Waals surface area contributed by atoms with E-state index in [-0.39, 0.29) is 10.7 Å². The van der Waals surface area contributed by atoms with Crippen LogP contribution in [0.5, 0.6) is 11.5 Å². The number of ether oxygens (including phenoxy) is 2. The molecule has 0 aliphatic carbocycles. The quantitative estimate of drug-likeness (QED) is 0.654. The summed E-state index contributed by atoms with van der Waals surface area (Å²) in [7, 11) is -3.64. The number of hydrogen-bond donors (Lipinski definition) is 0. The maximum atomic E-state index is 13.9. The SMILES string of the molecule is CCOc1ccc(S(=O)(=O)N2CCN(Cc3ccccc3F)CC2)cc1OCC. The molecule has 3 rings (SSSR count). The molecule has 1 fully saturated rings. The van der Waals surface area contributed by atoms with Crippen LogP contribution in [0, 0.1) is 5.82 Å². The van der Waals surface area contributed by atoms with Crippen molar-refractivity contribution < 1.29 is 22.3 Å². The summed E-state index contributed by atoms with van der Waals surface area (Å²) >= 11 is 0. The Hall–Kier alpha value is -2.16. The lowest BCUT2D eigenvalue weighted by Gasteiger charge is -2.34. The second-order valence-electron chi connectivity index (χ2n) is 6.75. The third kappa shape index (κ3) is 5.07. The van der Waals surface area contributed by atoms with Crippen LogP contribution in [-0.4, -0.2) is 57.0 Å². The first kappa shape index (κ1) is 21.5. The van der Waals surface area contributed by atoms with Gasteiger partial charge in [0, 0.05) is 44.4 Å². The number of nitrogens with zero attached hydrogens (tertiary/aromatic N) is 2. The monoisotopic (exact) mass is 422 g/mol. The molecule has 2 aromatic rings. The van der Waals surface area contributed by atoms with Gasteiger partial charge >= 0.3 is 0 Å². The fourth-order valence-electron chi connectivity index (χ4n) is 3.34. The Morgan fingerprint density at radius 2 is 1.59 bits per heavy atom. The maximum absolute atomic E-state index is 13.9. The van der Waals surface area contributed by atoms with Crippen molar-refractivity contribution in [2.75, 3.05) is 39.4 Å². The largest absolute Gasteiger partial charge is 0.490 e. The van der Waals surface area contributed by atoms with Crippen LogP contribution < -0.4 is 9.47 Å². The summed E-state index contributed by atoms with van der Waals surface area (Å²) in [5.74, 6) is 0.719. The van der Waals surface area contributed by atoms with E-state index in [4.69, 9.17) is 9.47 Å². The molecule has 1 saturated heterocycles. The summed E-state index contributed by atoms with van der Waals surface area (Å²) in [5, 5.41) is 0. The van der Waals surface area contributed by atoms with Crippen molar-refractivity contribution in [2.24, 2.45) is 0 Å². The standard InChI is InChI=1S/C21H27FN2O4S/c1-3-27-20-10-9-18(15-21(20)28-4-2)29(25,26)24-13-11-23(12-14-24)16-17-7-5-6-8-19(17)22/h5-10,15H,3-4,11-14,16H2,1-2H3. The molecule has 1 aliphatic heterocycles. The lowest BCUT2D eigenvalue weighted by molar-refractivity contribution is 0.180. The van der Waals surface area contributed by atoms with Crippen molar-refractivity contribution in [3.8, 4) is 11.5 Å². The number of halogens is 1. The van der Waals surface area contributed by atoms with Gasteiger partial charge in [0.15, 0.2) is 11.5 Å². The molecule has 6 nitrogen and oxygen atoms in total. The molecule has 158 valence electrons. The molecule has 0 radical (unpaired) electrons. The van der Waals surface area contributed by atoms with Crippen molar-refractivity contribution in [3.05, 3.63) is 53.8 Å². The molecule has 0 amide bonds. The Morgan fingerprint density at radius 3 is 2.24 bits per heavy atom. The summed E-state index contributed by atoms with van der Waals surface area (Å²) < 4.78 is 52.6. The first-order valence-corrected chi connectivity index (χ1v) is 11.2. The Labute approximate surface area is 171 Å². The van der Waals surface area contributed by atoms with Crippen molar-refractivity contribution >= 4 is 10.0 Å². The van der Waals surface area contributed by atoms with E-state index in [9.17, 15) is 12.8 Å². The number of benzene rings is 2. The number of piperazine rings is 1. The van der Waals surface area contributed by atoms with Crippen LogP contribution in [0.1, 0.15) is 19.4 Å². The van der Waals surface area contributed by atoms with Crippen LogP contribution in [0.3, 0.4) is 0 Å². The van der Waals surface area contributed by atoms with E-state index < -0.39 is 10.0 Å². The highest BCUT2D eigenvalue weighted by Gasteiger charge is 2.29. The minimum atomic E-state index is -3.64. The Morgan fingerprint density at radius 1 is 0.931 bits per heavy atom. The highest BCUT2D eigenvalue weighted by atomic mass is 32.2. The fraction of sp³-hybridized carbons (Fsp3) is 0.429. The number of rotatable bonds is 8. The molecule has 1 aliphatic rings. The van der Waals surface area contributed by atoms with E-state index in [2.05, 4.69) is 4.90 Å². The molecule has 0 spiro atoms. The zero-order valence-corrected chi connectivity index (χ0v) is 17.6. The molecule has 0 bridgehead atoms. The van der Waals surface area contributed by atoms with Gasteiger partial charge in [-0.05, 0) is 32.0 Å². The van der Waals surface area contributed by atoms with E-state index in [0.29, 0.717) is 63.0 Å². The summed E-state index contributed by atoms with van der Waals surface area (Å²) in [6.45, 7) is 6.85. The van der Waals surface area contributed by atoms with Gasteiger partial charge in [-0.2, -0.15) is 4.31 Å². The zero-order valence-electron chi connectivity index (χ0n) is 16.8. The van der Waals surface area contributed by atoms with Crippen molar-refractivity contribution in [1.82, 2.24) is 9.21 Å². The molecule has 0 N–H and O–H groups in total. The average molecular weight is 423 g/mol. The van der Waals surface area contributed by atoms with Crippen LogP contribution in [0.2, 0.25) is 0 Å². The van der Waals surface area contributed by atoms with E-state index >= 15 is 0 Å². The first-order valence-electron chi connectivity index (χ1n) is 9.81. The van der Waals surface area contributed by atoms with Crippen LogP contribution in [-0.2, 0) is 16.6 Å². The minimum absolute atomic E-state index is 0.187. The second-order valence-corrected chi connectivity index (χ2v) is 8.68. The summed E-state index contributed by atoms with van der Waals surface area (Å²) in [5.41, 5.74) is 0.622. The van der Waals surface area contributed by atoms with E-state index in [1.165, 1.54) is 16.4 Å². The molecule has 0 atom stereocenters. The van der Waals surface area contributed by atoms with Gasteiger partial charge < -0.3 is 9.47 Å². The van der Waals surface area contributed by atoms with Crippen LogP contribution in [0.25, 0.3) is 0 Å². The highest BCUT2D eigenvalue weighted by molar-refractivity contribution is 7.89. The highest BCUT2D eigenvalue weighted by Crippen LogP contribution is 2.31. The fourth-order valence-corrected chi connectivity index (χ4v) is 4.77. The van der Waals surface area contributed by atoms with Gasteiger partial charge in [-0.3, -0.25) is 4.90 Å². The first-order chi connectivity index (χ1) is 14.0. The Balaban J connectivity index is 1.69. The normalized spacial score (nSPS) is 16.0. The predicted molar refractivity (Wildman–Crippen MR) is 109 cm³/mol. The van der Waals surface area contributed by atoms with Gasteiger partial charge in [0.05, 0.1) is 18.1 Å². The zero-order chi connectivity index (χ0) is 20.9. The molecule has 29 heavy (non-hydrogen) atoms. The number of sulfonamides is 1. The molecule has 2 aromatic carbocycles. The van der Waals surface area contributed by atoms with Crippen LogP contribution in [0.15, 0.2) is 47.4 Å². The average Bonchev–Trinajstić information content (AvgIpc) is 2.72. The third-order valence-electron chi connectivity index (χ3n) is 4.84. The van der Waals surface area contributed by atoms with Gasteiger partial charge in [0.1, 0.15) is 5.82 Å². The van der Waals surface area contributed by atoms with Crippen LogP contribution in [0.4, 0.5) is 4.39 Å². The molecule has 0 unspecified atom stereocenters. The third-order valence-corrected chi connectivity index (χ3v) is 6.73. The summed E-state index contributed by atoms with van der Waals surface area (Å²) in [6.07, 6.45) is 0. The Kier molecular flexibility index (Phi) is 7.10. The van der Waals surface area contributed by atoms with Gasteiger partial charge in [0.2, 0.25) is 10.0 Å². The van der Waals surface area contributed by atoms with Gasteiger partial charge in [-0.1, -0.05) is 18.2 Å². The molecule has 1 heterocycles. The van der Waals surface area contributed by atoms with E-state index in [1.807, 2.05) is 13.8 Å². The van der Waals surface area contributed by atoms with Crippen molar-refractivity contribution in [2.45, 2.75) is 25.3 Å². The minimum Gasteiger partial charge on any atom is -0.490 e. The van der Waals surface area contributed by atoms with E-state index in [1.54, 1.807) is 30.3 Å². The number of hydrogen-bond acceptors (Lipinski definition) is 5.